The van der Waals surface area contributed by atoms with Crippen LogP contribution < -0.4 is 14.8 Å². The Balaban J connectivity index is 1.86. The van der Waals surface area contributed by atoms with Crippen LogP contribution in [0.15, 0.2) is 12.1 Å². The molecule has 0 bridgehead atoms. The zero-order valence-electron chi connectivity index (χ0n) is 11.6. The molecule has 1 atom stereocenters. The maximum absolute atomic E-state index is 11.5. The third kappa shape index (κ3) is 3.41. The zero-order valence-corrected chi connectivity index (χ0v) is 12.4. The van der Waals surface area contributed by atoms with Crippen LogP contribution in [0, 0.1) is 5.92 Å². The molecule has 1 heterocycles. The fourth-order valence-corrected chi connectivity index (χ4v) is 2.65. The highest BCUT2D eigenvalue weighted by molar-refractivity contribution is 6.32. The Morgan fingerprint density at radius 1 is 1.38 bits per heavy atom. The minimum atomic E-state index is -0.916. The number of hydrogen-bond donors (Lipinski definition) is 2. The van der Waals surface area contributed by atoms with Gasteiger partial charge < -0.3 is 19.9 Å². The summed E-state index contributed by atoms with van der Waals surface area (Å²) in [6.45, 7) is 1.80. The number of nitrogens with one attached hydrogen (secondary N) is 1. The summed E-state index contributed by atoms with van der Waals surface area (Å²) in [4.78, 5) is 11.5. The molecule has 5 nitrogen and oxygen atoms in total. The zero-order chi connectivity index (χ0) is 14.8. The molecule has 0 radical (unpaired) electrons. The third-order valence-corrected chi connectivity index (χ3v) is 3.99. The van der Waals surface area contributed by atoms with Crippen LogP contribution in [0.1, 0.15) is 30.9 Å². The lowest BCUT2D eigenvalue weighted by atomic mass is 10.1. The Morgan fingerprint density at radius 3 is 2.86 bits per heavy atom. The summed E-state index contributed by atoms with van der Waals surface area (Å²) in [5.41, 5.74) is 0.595. The van der Waals surface area contributed by atoms with Crippen molar-refractivity contribution in [3.05, 3.63) is 22.7 Å². The summed E-state index contributed by atoms with van der Waals surface area (Å²) in [5, 5.41) is 12.9. The van der Waals surface area contributed by atoms with Crippen molar-refractivity contribution >= 4 is 17.6 Å². The number of rotatable bonds is 5. The number of carboxylic acid groups (broad SMARTS) is 1. The Labute approximate surface area is 128 Å². The van der Waals surface area contributed by atoms with Crippen molar-refractivity contribution in [3.63, 3.8) is 0 Å². The van der Waals surface area contributed by atoms with E-state index in [0.717, 1.165) is 6.42 Å². The van der Waals surface area contributed by atoms with Gasteiger partial charge in [0.2, 0.25) is 0 Å². The van der Waals surface area contributed by atoms with Gasteiger partial charge in [0, 0.05) is 6.42 Å². The van der Waals surface area contributed by atoms with Gasteiger partial charge in [0.05, 0.1) is 18.2 Å². The normalized spacial score (nSPS) is 18.9. The van der Waals surface area contributed by atoms with Gasteiger partial charge in [-0.1, -0.05) is 11.6 Å². The molecule has 1 unspecified atom stereocenters. The highest BCUT2D eigenvalue weighted by Gasteiger charge is 2.27. The van der Waals surface area contributed by atoms with E-state index in [0.29, 0.717) is 47.8 Å². The highest BCUT2D eigenvalue weighted by Crippen LogP contribution is 2.39. The van der Waals surface area contributed by atoms with Gasteiger partial charge in [-0.3, -0.25) is 4.79 Å². The van der Waals surface area contributed by atoms with Gasteiger partial charge >= 0.3 is 5.97 Å². The second kappa shape index (κ2) is 6.12. The van der Waals surface area contributed by atoms with Crippen LogP contribution in [0.2, 0.25) is 5.02 Å². The SMILES string of the molecule is O=C(O)C(NCC1CC1)c1cc(Cl)c2c(c1)OCCCO2. The molecule has 1 aromatic rings. The van der Waals surface area contributed by atoms with Gasteiger partial charge in [-0.05, 0) is 43.0 Å². The lowest BCUT2D eigenvalue weighted by Gasteiger charge is -2.17. The molecule has 1 saturated carbocycles. The molecule has 114 valence electrons. The molecule has 6 heteroatoms. The van der Waals surface area contributed by atoms with Crippen LogP contribution >= 0.6 is 11.6 Å². The molecule has 2 aliphatic rings. The number of benzene rings is 1. The number of halogens is 1. The Kier molecular flexibility index (Phi) is 4.22. The average molecular weight is 312 g/mol. The van der Waals surface area contributed by atoms with Gasteiger partial charge in [0.1, 0.15) is 6.04 Å². The summed E-state index contributed by atoms with van der Waals surface area (Å²) in [7, 11) is 0. The molecule has 1 aliphatic heterocycles. The predicted octanol–water partition coefficient (Wildman–Crippen LogP) is 2.63. The van der Waals surface area contributed by atoms with Crippen LogP contribution in [-0.2, 0) is 4.79 Å². The second-order valence-corrected chi connectivity index (χ2v) is 5.91. The Bertz CT molecular complexity index is 545. The second-order valence-electron chi connectivity index (χ2n) is 5.50. The molecule has 2 N–H and O–H groups in total. The minimum Gasteiger partial charge on any atom is -0.489 e. The van der Waals surface area contributed by atoms with Gasteiger partial charge in [0.25, 0.3) is 0 Å². The largest absolute Gasteiger partial charge is 0.489 e. The molecule has 21 heavy (non-hydrogen) atoms. The van der Waals surface area contributed by atoms with Crippen molar-refractivity contribution in [1.82, 2.24) is 5.32 Å². The maximum Gasteiger partial charge on any atom is 0.325 e. The van der Waals surface area contributed by atoms with Crippen LogP contribution in [0.25, 0.3) is 0 Å². The molecular formula is C15H18ClNO4. The van der Waals surface area contributed by atoms with E-state index in [1.165, 1.54) is 12.8 Å². The first-order chi connectivity index (χ1) is 10.1. The van der Waals surface area contributed by atoms with Crippen LogP contribution in [0.4, 0.5) is 0 Å². The predicted molar refractivity (Wildman–Crippen MR) is 78.2 cm³/mol. The molecule has 0 saturated heterocycles. The monoisotopic (exact) mass is 311 g/mol. The molecule has 0 spiro atoms. The van der Waals surface area contributed by atoms with E-state index in [9.17, 15) is 9.90 Å². The third-order valence-electron chi connectivity index (χ3n) is 3.71. The van der Waals surface area contributed by atoms with Crippen molar-refractivity contribution in [2.45, 2.75) is 25.3 Å². The van der Waals surface area contributed by atoms with Crippen LogP contribution in [0.5, 0.6) is 11.5 Å². The van der Waals surface area contributed by atoms with E-state index < -0.39 is 12.0 Å². The first-order valence-corrected chi connectivity index (χ1v) is 7.58. The molecule has 1 aliphatic carbocycles. The van der Waals surface area contributed by atoms with Crippen LogP contribution in [-0.4, -0.2) is 30.8 Å². The van der Waals surface area contributed by atoms with E-state index in [4.69, 9.17) is 21.1 Å². The lowest BCUT2D eigenvalue weighted by Crippen LogP contribution is -2.30. The first-order valence-electron chi connectivity index (χ1n) is 7.20. The van der Waals surface area contributed by atoms with E-state index in [-0.39, 0.29) is 0 Å². The molecular weight excluding hydrogens is 294 g/mol. The number of fused-ring (bicyclic) bond motifs is 1. The van der Waals surface area contributed by atoms with Gasteiger partial charge in [0.15, 0.2) is 11.5 Å². The van der Waals surface area contributed by atoms with Crippen molar-refractivity contribution < 1.29 is 19.4 Å². The van der Waals surface area contributed by atoms with Crippen molar-refractivity contribution in [2.75, 3.05) is 19.8 Å². The van der Waals surface area contributed by atoms with Crippen molar-refractivity contribution in [2.24, 2.45) is 5.92 Å². The first kappa shape index (κ1) is 14.5. The topological polar surface area (TPSA) is 67.8 Å². The fourth-order valence-electron chi connectivity index (χ4n) is 2.37. The lowest BCUT2D eigenvalue weighted by molar-refractivity contribution is -0.139. The van der Waals surface area contributed by atoms with Crippen molar-refractivity contribution in [3.8, 4) is 11.5 Å². The van der Waals surface area contributed by atoms with Gasteiger partial charge in [-0.2, -0.15) is 0 Å². The molecule has 3 rings (SSSR count). The number of hydrogen-bond acceptors (Lipinski definition) is 4. The maximum atomic E-state index is 11.5. The number of carbonyl (C=O) groups is 1. The molecule has 1 aromatic carbocycles. The number of ether oxygens (including phenoxy) is 2. The molecule has 1 fully saturated rings. The smallest absolute Gasteiger partial charge is 0.325 e. The minimum absolute atomic E-state index is 0.392. The van der Waals surface area contributed by atoms with Gasteiger partial charge in [-0.25, -0.2) is 0 Å². The van der Waals surface area contributed by atoms with E-state index in [2.05, 4.69) is 5.32 Å². The summed E-state index contributed by atoms with van der Waals surface area (Å²) in [6, 6.07) is 2.58. The summed E-state index contributed by atoms with van der Waals surface area (Å²) >= 11 is 6.22. The highest BCUT2D eigenvalue weighted by atomic mass is 35.5. The fraction of sp³-hybridized carbons (Fsp3) is 0.533. The number of aliphatic carboxylic acids is 1. The van der Waals surface area contributed by atoms with E-state index in [1.54, 1.807) is 12.1 Å². The quantitative estimate of drug-likeness (QED) is 0.875. The number of carboxylic acids is 1. The summed E-state index contributed by atoms with van der Waals surface area (Å²) < 4.78 is 11.2. The molecule has 0 amide bonds. The van der Waals surface area contributed by atoms with E-state index in [1.807, 2.05) is 0 Å². The average Bonchev–Trinajstić information content (AvgIpc) is 3.24. The van der Waals surface area contributed by atoms with Gasteiger partial charge in [-0.15, -0.1) is 0 Å². The standard InChI is InChI=1S/C15H18ClNO4/c16-11-6-10(7-12-14(11)21-5-1-4-20-12)13(15(18)19)17-8-9-2-3-9/h6-7,9,13,17H,1-5,8H2,(H,18,19). The van der Waals surface area contributed by atoms with Crippen LogP contribution in [0.3, 0.4) is 0 Å². The van der Waals surface area contributed by atoms with E-state index >= 15 is 0 Å². The van der Waals surface area contributed by atoms with Crippen molar-refractivity contribution in [1.29, 1.82) is 0 Å². The Hall–Kier alpha value is -1.46. The summed E-state index contributed by atoms with van der Waals surface area (Å²) in [6.07, 6.45) is 3.12. The molecule has 0 aromatic heterocycles. The summed E-state index contributed by atoms with van der Waals surface area (Å²) in [5.74, 6) is 0.711. The Morgan fingerprint density at radius 2 is 2.14 bits per heavy atom.